The van der Waals surface area contributed by atoms with Crippen LogP contribution in [0, 0.1) is 5.41 Å². The third-order valence-electron chi connectivity index (χ3n) is 2.81. The van der Waals surface area contributed by atoms with Gasteiger partial charge in [-0.15, -0.1) is 0 Å². The van der Waals surface area contributed by atoms with Crippen molar-refractivity contribution in [2.24, 2.45) is 5.73 Å². The van der Waals surface area contributed by atoms with Crippen molar-refractivity contribution in [2.45, 2.75) is 19.8 Å². The van der Waals surface area contributed by atoms with Gasteiger partial charge in [0.2, 0.25) is 0 Å². The number of nitrogen functional groups attached to an aromatic ring is 1. The number of unbranched alkanes of at least 4 members (excludes halogenated alkanes) is 1. The summed E-state index contributed by atoms with van der Waals surface area (Å²) in [6.45, 7) is 4.55. The molecule has 0 heterocycles. The van der Waals surface area contributed by atoms with E-state index in [2.05, 4.69) is 11.8 Å². The highest BCUT2D eigenvalue weighted by molar-refractivity contribution is 5.95. The highest BCUT2D eigenvalue weighted by atomic mass is 16.5. The Labute approximate surface area is 109 Å². The number of hydrogen-bond donors (Lipinski definition) is 2. The first-order valence-electron chi connectivity index (χ1n) is 6.38. The number of likely N-dealkylation sites (N-methyl/N-ethyl adjacent to an activating group) is 1. The average molecular weight is 249 g/mol. The highest BCUT2D eigenvalue weighted by Crippen LogP contribution is 2.14. The summed E-state index contributed by atoms with van der Waals surface area (Å²) < 4.78 is 5.54. The van der Waals surface area contributed by atoms with Crippen molar-refractivity contribution in [1.82, 2.24) is 0 Å². The fourth-order valence-electron chi connectivity index (χ4n) is 1.59. The molecule has 0 aliphatic rings. The van der Waals surface area contributed by atoms with E-state index in [0.717, 1.165) is 43.9 Å². The zero-order chi connectivity index (χ0) is 13.4. The van der Waals surface area contributed by atoms with Crippen molar-refractivity contribution >= 4 is 11.5 Å². The predicted octanol–water partition coefficient (Wildman–Crippen LogP) is 2.22. The van der Waals surface area contributed by atoms with E-state index < -0.39 is 0 Å². The van der Waals surface area contributed by atoms with E-state index in [9.17, 15) is 0 Å². The van der Waals surface area contributed by atoms with Gasteiger partial charge in [0.15, 0.2) is 0 Å². The molecule has 0 spiro atoms. The number of hydrogen-bond acceptors (Lipinski definition) is 3. The summed E-state index contributed by atoms with van der Waals surface area (Å²) in [5.41, 5.74) is 7.29. The third kappa shape index (κ3) is 4.75. The molecule has 0 aliphatic carbocycles. The lowest BCUT2D eigenvalue weighted by Crippen LogP contribution is -2.23. The first kappa shape index (κ1) is 14.5. The Morgan fingerprint density at radius 1 is 1.39 bits per heavy atom. The molecule has 0 aliphatic heterocycles. The van der Waals surface area contributed by atoms with Gasteiger partial charge in [-0.1, -0.05) is 25.5 Å². The summed E-state index contributed by atoms with van der Waals surface area (Å²) in [5.74, 6) is 0.101. The fraction of sp³-hybridized carbons (Fsp3) is 0.500. The molecular weight excluding hydrogens is 226 g/mol. The van der Waals surface area contributed by atoms with Crippen LogP contribution in [0.15, 0.2) is 24.3 Å². The molecule has 4 heteroatoms. The lowest BCUT2D eigenvalue weighted by Gasteiger charge is -2.19. The Balaban J connectivity index is 2.43. The smallest absolute Gasteiger partial charge is 0.122 e. The van der Waals surface area contributed by atoms with Crippen molar-refractivity contribution in [3.63, 3.8) is 0 Å². The first-order chi connectivity index (χ1) is 8.65. The van der Waals surface area contributed by atoms with Crippen molar-refractivity contribution in [3.05, 3.63) is 29.8 Å². The summed E-state index contributed by atoms with van der Waals surface area (Å²) in [5, 5.41) is 7.42. The minimum absolute atomic E-state index is 0.101. The molecule has 3 N–H and O–H groups in total. The van der Waals surface area contributed by atoms with Gasteiger partial charge in [-0.2, -0.15) is 0 Å². The maximum atomic E-state index is 7.42. The molecule has 1 rings (SSSR count). The Bertz CT molecular complexity index is 379. The molecule has 0 atom stereocenters. The third-order valence-corrected chi connectivity index (χ3v) is 2.81. The van der Waals surface area contributed by atoms with Gasteiger partial charge >= 0.3 is 0 Å². The van der Waals surface area contributed by atoms with Crippen LogP contribution in [0.1, 0.15) is 25.3 Å². The van der Waals surface area contributed by atoms with Crippen LogP contribution in [0.3, 0.4) is 0 Å². The second-order valence-electron chi connectivity index (χ2n) is 4.35. The minimum Gasteiger partial charge on any atom is -0.384 e. The van der Waals surface area contributed by atoms with Crippen molar-refractivity contribution < 1.29 is 4.74 Å². The second-order valence-corrected chi connectivity index (χ2v) is 4.35. The molecule has 0 fully saturated rings. The normalized spacial score (nSPS) is 10.3. The largest absolute Gasteiger partial charge is 0.384 e. The maximum Gasteiger partial charge on any atom is 0.122 e. The lowest BCUT2D eigenvalue weighted by molar-refractivity contribution is 0.138. The van der Waals surface area contributed by atoms with Crippen LogP contribution in [0.2, 0.25) is 0 Å². The Kier molecular flexibility index (Phi) is 6.22. The summed E-state index contributed by atoms with van der Waals surface area (Å²) in [7, 11) is 2.02. The summed E-state index contributed by atoms with van der Waals surface area (Å²) in [6.07, 6.45) is 2.28. The molecule has 0 amide bonds. The molecule has 0 aromatic heterocycles. The number of rotatable bonds is 8. The van der Waals surface area contributed by atoms with Gasteiger partial charge in [0.25, 0.3) is 0 Å². The van der Waals surface area contributed by atoms with Gasteiger partial charge in [-0.05, 0) is 18.6 Å². The van der Waals surface area contributed by atoms with Crippen LogP contribution >= 0.6 is 0 Å². The monoisotopic (exact) mass is 249 g/mol. The fourth-order valence-corrected chi connectivity index (χ4v) is 1.59. The summed E-state index contributed by atoms with van der Waals surface area (Å²) in [6, 6.07) is 7.70. The number of nitrogens with zero attached hydrogens (tertiary/aromatic N) is 1. The van der Waals surface area contributed by atoms with Crippen molar-refractivity contribution in [1.29, 1.82) is 5.41 Å². The topological polar surface area (TPSA) is 62.3 Å². The molecule has 1 aromatic carbocycles. The van der Waals surface area contributed by atoms with Crippen LogP contribution < -0.4 is 10.6 Å². The van der Waals surface area contributed by atoms with E-state index in [1.54, 1.807) is 0 Å². The molecule has 1 aromatic rings. The first-order valence-corrected chi connectivity index (χ1v) is 6.38. The number of nitrogens with one attached hydrogen (secondary N) is 1. The second kappa shape index (κ2) is 7.71. The maximum absolute atomic E-state index is 7.42. The Morgan fingerprint density at radius 2 is 2.17 bits per heavy atom. The molecule has 100 valence electrons. The van der Waals surface area contributed by atoms with Crippen LogP contribution in [0.25, 0.3) is 0 Å². The number of nitrogens with two attached hydrogens (primary N) is 1. The van der Waals surface area contributed by atoms with E-state index in [1.807, 2.05) is 31.3 Å². The van der Waals surface area contributed by atoms with Gasteiger partial charge in [0.05, 0.1) is 6.61 Å². The average Bonchev–Trinajstić information content (AvgIpc) is 2.38. The van der Waals surface area contributed by atoms with Gasteiger partial charge in [-0.25, -0.2) is 0 Å². The van der Waals surface area contributed by atoms with E-state index in [0.29, 0.717) is 0 Å². The Morgan fingerprint density at radius 3 is 2.83 bits per heavy atom. The van der Waals surface area contributed by atoms with Crippen LogP contribution in [0.4, 0.5) is 5.69 Å². The quantitative estimate of drug-likeness (QED) is 0.422. The van der Waals surface area contributed by atoms with Gasteiger partial charge in [0.1, 0.15) is 5.84 Å². The zero-order valence-corrected chi connectivity index (χ0v) is 11.3. The number of amidine groups is 1. The number of anilines is 1. The zero-order valence-electron chi connectivity index (χ0n) is 11.3. The van der Waals surface area contributed by atoms with E-state index in [4.69, 9.17) is 15.9 Å². The molecule has 0 saturated carbocycles. The van der Waals surface area contributed by atoms with Crippen LogP contribution in [0.5, 0.6) is 0 Å². The predicted molar refractivity (Wildman–Crippen MR) is 76.5 cm³/mol. The van der Waals surface area contributed by atoms with E-state index in [-0.39, 0.29) is 5.84 Å². The van der Waals surface area contributed by atoms with Gasteiger partial charge in [0, 0.05) is 31.5 Å². The molecule has 0 bridgehead atoms. The van der Waals surface area contributed by atoms with E-state index in [1.165, 1.54) is 0 Å². The summed E-state index contributed by atoms with van der Waals surface area (Å²) >= 11 is 0. The minimum atomic E-state index is 0.101. The molecule has 4 nitrogen and oxygen atoms in total. The molecular formula is C14H23N3O. The molecule has 18 heavy (non-hydrogen) atoms. The van der Waals surface area contributed by atoms with Crippen molar-refractivity contribution in [3.8, 4) is 0 Å². The number of benzene rings is 1. The molecule has 0 unspecified atom stereocenters. The molecule has 0 radical (unpaired) electrons. The lowest BCUT2D eigenvalue weighted by atomic mass is 10.2. The Hall–Kier alpha value is -1.55. The van der Waals surface area contributed by atoms with Gasteiger partial charge in [-0.3, -0.25) is 5.41 Å². The van der Waals surface area contributed by atoms with Gasteiger partial charge < -0.3 is 15.4 Å². The summed E-state index contributed by atoms with van der Waals surface area (Å²) in [4.78, 5) is 2.11. The standard InChI is InChI=1S/C14H23N3O/c1-3-4-9-18-10-8-17(2)13-7-5-6-12(11-13)14(15)16/h5-7,11H,3-4,8-10H2,1-2H3,(H3,15,16). The van der Waals surface area contributed by atoms with Crippen LogP contribution in [-0.4, -0.2) is 32.6 Å². The highest BCUT2D eigenvalue weighted by Gasteiger charge is 2.03. The SMILES string of the molecule is CCCCOCCN(C)c1cccc(C(=N)N)c1. The molecule has 0 saturated heterocycles. The number of ether oxygens (including phenoxy) is 1. The van der Waals surface area contributed by atoms with E-state index >= 15 is 0 Å². The van der Waals surface area contributed by atoms with Crippen LogP contribution in [-0.2, 0) is 4.74 Å². The van der Waals surface area contributed by atoms with Crippen molar-refractivity contribution in [2.75, 3.05) is 31.7 Å².